The highest BCUT2D eigenvalue weighted by atomic mass is 32.2. The molecule has 0 saturated carbocycles. The molecule has 2 aromatic heterocycles. The number of nitrogens with one attached hydrogen (secondary N) is 3. The van der Waals surface area contributed by atoms with E-state index in [1.54, 1.807) is 55.6 Å². The van der Waals surface area contributed by atoms with Gasteiger partial charge in [0.05, 0.1) is 22.9 Å². The Balaban J connectivity index is 1.09. The van der Waals surface area contributed by atoms with E-state index >= 15 is 0 Å². The van der Waals surface area contributed by atoms with E-state index in [1.807, 2.05) is 97.1 Å². The fourth-order valence-corrected chi connectivity index (χ4v) is 7.35. The van der Waals surface area contributed by atoms with Gasteiger partial charge in [-0.3, -0.25) is 14.4 Å². The Labute approximate surface area is 313 Å². The van der Waals surface area contributed by atoms with Gasteiger partial charge < -0.3 is 25.1 Å². The standard InChI is InChI=1S/C42H32N4O5S2/c1-50-35-18-10-8-16-32(35)36-25-22-30(51-36)26-34(44-39(47)28-14-6-3-7-15-28)40(48)43-29-20-23-31(24-21-29)52-38(27-12-4-2-5-13-27)41(49)46-42-45-33-17-9-11-19-37(33)53-42/h2-26,38H,1H3,(H,43,48)(H,44,47)(H,45,46,49)/b34-26+/t38-/m1/s1. The van der Waals surface area contributed by atoms with E-state index in [0.29, 0.717) is 33.7 Å². The van der Waals surface area contributed by atoms with E-state index in [0.717, 1.165) is 26.2 Å². The molecule has 53 heavy (non-hydrogen) atoms. The summed E-state index contributed by atoms with van der Waals surface area (Å²) in [7, 11) is 1.58. The first kappa shape index (κ1) is 35.0. The van der Waals surface area contributed by atoms with Crippen LogP contribution < -0.4 is 20.7 Å². The van der Waals surface area contributed by atoms with Gasteiger partial charge in [0.25, 0.3) is 11.8 Å². The zero-order valence-corrected chi connectivity index (χ0v) is 29.9. The minimum absolute atomic E-state index is 0.0195. The van der Waals surface area contributed by atoms with E-state index in [4.69, 9.17) is 9.15 Å². The molecule has 0 fully saturated rings. The molecule has 0 aliphatic carbocycles. The Morgan fingerprint density at radius 3 is 2.23 bits per heavy atom. The summed E-state index contributed by atoms with van der Waals surface area (Å²) in [6, 6.07) is 44.0. The SMILES string of the molecule is COc1ccccc1-c1ccc(/C=C(/NC(=O)c2ccccc2)C(=O)Nc2ccc(S[C@@H](C(=O)Nc3nc4ccccc4s3)c3ccccc3)cc2)o1. The lowest BCUT2D eigenvalue weighted by Gasteiger charge is -2.16. The average molecular weight is 737 g/mol. The highest BCUT2D eigenvalue weighted by molar-refractivity contribution is 8.00. The van der Waals surface area contributed by atoms with Crippen LogP contribution in [0, 0.1) is 0 Å². The number of benzene rings is 5. The molecule has 9 nitrogen and oxygen atoms in total. The van der Waals surface area contributed by atoms with Crippen molar-refractivity contribution >= 4 is 67.9 Å². The summed E-state index contributed by atoms with van der Waals surface area (Å²) in [5.41, 5.74) is 3.27. The lowest BCUT2D eigenvalue weighted by Crippen LogP contribution is -2.30. The monoisotopic (exact) mass is 736 g/mol. The van der Waals surface area contributed by atoms with Gasteiger partial charge in [-0.05, 0) is 78.4 Å². The van der Waals surface area contributed by atoms with Crippen LogP contribution in [-0.4, -0.2) is 29.8 Å². The number of carbonyl (C=O) groups is 3. The second kappa shape index (κ2) is 16.3. The average Bonchev–Trinajstić information content (AvgIpc) is 3.84. The Morgan fingerprint density at radius 1 is 0.774 bits per heavy atom. The first-order chi connectivity index (χ1) is 25.9. The van der Waals surface area contributed by atoms with Gasteiger partial charge in [-0.1, -0.05) is 84.1 Å². The first-order valence-corrected chi connectivity index (χ1v) is 18.2. The molecule has 0 spiro atoms. The van der Waals surface area contributed by atoms with E-state index < -0.39 is 17.1 Å². The molecule has 7 aromatic rings. The third-order valence-electron chi connectivity index (χ3n) is 8.05. The predicted molar refractivity (Wildman–Crippen MR) is 211 cm³/mol. The highest BCUT2D eigenvalue weighted by Crippen LogP contribution is 2.38. The molecule has 3 amide bonds. The number of para-hydroxylation sites is 2. The quantitative estimate of drug-likeness (QED) is 0.0844. The minimum atomic E-state index is -0.569. The number of methoxy groups -OCH3 is 1. The van der Waals surface area contributed by atoms with Crippen LogP contribution in [0.2, 0.25) is 0 Å². The van der Waals surface area contributed by atoms with Crippen molar-refractivity contribution in [3.8, 4) is 17.1 Å². The molecule has 0 bridgehead atoms. The summed E-state index contributed by atoms with van der Waals surface area (Å²) < 4.78 is 12.5. The number of aromatic nitrogens is 1. The molecule has 11 heteroatoms. The predicted octanol–water partition coefficient (Wildman–Crippen LogP) is 9.45. The van der Waals surface area contributed by atoms with Crippen LogP contribution in [0.3, 0.4) is 0 Å². The lowest BCUT2D eigenvalue weighted by molar-refractivity contribution is -0.116. The summed E-state index contributed by atoms with van der Waals surface area (Å²) in [5, 5.41) is 8.58. The van der Waals surface area contributed by atoms with Gasteiger partial charge in [0.15, 0.2) is 5.13 Å². The molecular weight excluding hydrogens is 705 g/mol. The van der Waals surface area contributed by atoms with Crippen molar-refractivity contribution in [3.63, 3.8) is 0 Å². The van der Waals surface area contributed by atoms with Crippen LogP contribution in [0.5, 0.6) is 5.75 Å². The van der Waals surface area contributed by atoms with Crippen LogP contribution in [0.25, 0.3) is 27.6 Å². The third kappa shape index (κ3) is 8.55. The number of fused-ring (bicyclic) bond motifs is 1. The van der Waals surface area contributed by atoms with E-state index in [9.17, 15) is 14.4 Å². The van der Waals surface area contributed by atoms with Crippen molar-refractivity contribution in [2.24, 2.45) is 0 Å². The molecule has 0 aliphatic heterocycles. The van der Waals surface area contributed by atoms with Gasteiger partial charge in [0, 0.05) is 22.2 Å². The maximum atomic E-state index is 13.7. The number of hydrogen-bond acceptors (Lipinski definition) is 8. The van der Waals surface area contributed by atoms with Gasteiger partial charge in [-0.2, -0.15) is 0 Å². The number of hydrogen-bond donors (Lipinski definition) is 3. The summed E-state index contributed by atoms with van der Waals surface area (Å²) in [6.45, 7) is 0. The summed E-state index contributed by atoms with van der Waals surface area (Å²) in [6.07, 6.45) is 1.48. The molecule has 1 atom stereocenters. The molecule has 5 aromatic carbocycles. The molecule has 0 aliphatic rings. The molecule has 0 saturated heterocycles. The number of thiazole rings is 1. The Bertz CT molecular complexity index is 2370. The largest absolute Gasteiger partial charge is 0.496 e. The maximum Gasteiger partial charge on any atom is 0.272 e. The zero-order chi connectivity index (χ0) is 36.6. The second-order valence-electron chi connectivity index (χ2n) is 11.6. The lowest BCUT2D eigenvalue weighted by atomic mass is 10.1. The summed E-state index contributed by atoms with van der Waals surface area (Å²) >= 11 is 2.81. The number of amides is 3. The number of furan rings is 1. The molecule has 7 rings (SSSR count). The van der Waals surface area contributed by atoms with Crippen molar-refractivity contribution in [2.45, 2.75) is 10.1 Å². The van der Waals surface area contributed by atoms with Crippen molar-refractivity contribution in [3.05, 3.63) is 168 Å². The van der Waals surface area contributed by atoms with Crippen LogP contribution in [0.4, 0.5) is 10.8 Å². The second-order valence-corrected chi connectivity index (χ2v) is 13.9. The number of rotatable bonds is 12. The van der Waals surface area contributed by atoms with Crippen molar-refractivity contribution in [1.82, 2.24) is 10.3 Å². The van der Waals surface area contributed by atoms with E-state index in [2.05, 4.69) is 20.9 Å². The van der Waals surface area contributed by atoms with Gasteiger partial charge in [-0.25, -0.2) is 4.98 Å². The molecule has 2 heterocycles. The summed E-state index contributed by atoms with van der Waals surface area (Å²) in [4.78, 5) is 45.9. The molecule has 262 valence electrons. The number of thioether (sulfide) groups is 1. The number of anilines is 2. The van der Waals surface area contributed by atoms with Crippen molar-refractivity contribution in [1.29, 1.82) is 0 Å². The van der Waals surface area contributed by atoms with Crippen LogP contribution >= 0.6 is 23.1 Å². The summed E-state index contributed by atoms with van der Waals surface area (Å²) in [5.74, 6) is 0.325. The zero-order valence-electron chi connectivity index (χ0n) is 28.3. The fourth-order valence-electron chi connectivity index (χ4n) is 5.46. The topological polar surface area (TPSA) is 123 Å². The number of nitrogens with zero attached hydrogens (tertiary/aromatic N) is 1. The smallest absolute Gasteiger partial charge is 0.272 e. The number of ether oxygens (including phenoxy) is 1. The Morgan fingerprint density at radius 2 is 1.47 bits per heavy atom. The van der Waals surface area contributed by atoms with Crippen LogP contribution in [-0.2, 0) is 9.59 Å². The van der Waals surface area contributed by atoms with Crippen LogP contribution in [0.1, 0.15) is 26.9 Å². The Hall–Kier alpha value is -6.43. The van der Waals surface area contributed by atoms with E-state index in [-0.39, 0.29) is 11.6 Å². The Kier molecular flexibility index (Phi) is 10.7. The third-order valence-corrected chi connectivity index (χ3v) is 10.3. The van der Waals surface area contributed by atoms with Gasteiger partial charge in [0.1, 0.15) is 28.2 Å². The first-order valence-electron chi connectivity index (χ1n) is 16.5. The normalized spacial score (nSPS) is 11.8. The molecule has 3 N–H and O–H groups in total. The maximum absolute atomic E-state index is 13.7. The van der Waals surface area contributed by atoms with Crippen molar-refractivity contribution in [2.75, 3.05) is 17.7 Å². The number of carbonyl (C=O) groups excluding carboxylic acids is 3. The minimum Gasteiger partial charge on any atom is -0.496 e. The van der Waals surface area contributed by atoms with Gasteiger partial charge in [-0.15, -0.1) is 11.8 Å². The molecule has 0 radical (unpaired) electrons. The fraction of sp³-hybridized carbons (Fsp3) is 0.0476. The highest BCUT2D eigenvalue weighted by Gasteiger charge is 2.24. The molecule has 0 unspecified atom stereocenters. The van der Waals surface area contributed by atoms with E-state index in [1.165, 1.54) is 29.2 Å². The van der Waals surface area contributed by atoms with Gasteiger partial charge in [0.2, 0.25) is 5.91 Å². The molecular formula is C42H32N4O5S2. The van der Waals surface area contributed by atoms with Gasteiger partial charge >= 0.3 is 0 Å². The van der Waals surface area contributed by atoms with Crippen molar-refractivity contribution < 1.29 is 23.5 Å². The van der Waals surface area contributed by atoms with Crippen LogP contribution in [0.15, 0.2) is 161 Å².